The van der Waals surface area contributed by atoms with E-state index < -0.39 is 19.7 Å². The summed E-state index contributed by atoms with van der Waals surface area (Å²) in [5.74, 6) is 7.97. The van der Waals surface area contributed by atoms with Crippen molar-refractivity contribution in [2.24, 2.45) is 9.98 Å². The highest BCUT2D eigenvalue weighted by molar-refractivity contribution is 8.14. The topological polar surface area (TPSA) is 243 Å². The number of piperidine rings is 2. The van der Waals surface area contributed by atoms with Crippen molar-refractivity contribution in [1.29, 1.82) is 0 Å². The number of rotatable bonds is 0. The average molecular weight is 2010 g/mol. The van der Waals surface area contributed by atoms with E-state index in [1.165, 1.54) is 415 Å². The van der Waals surface area contributed by atoms with Crippen molar-refractivity contribution in [2.45, 2.75) is 436 Å². The molecule has 16 fully saturated rings. The summed E-state index contributed by atoms with van der Waals surface area (Å²) in [5.41, 5.74) is 0. The van der Waals surface area contributed by atoms with Crippen LogP contribution in [0.15, 0.2) is 57.6 Å². The average Bonchev–Trinajstić information content (AvgIpc) is 1.60. The zero-order valence-electron chi connectivity index (χ0n) is 77.4. The highest BCUT2D eigenvalue weighted by Gasteiger charge is 2.17. The Morgan fingerprint density at radius 1 is 0.271 bits per heavy atom. The van der Waals surface area contributed by atoms with Crippen molar-refractivity contribution in [3.63, 3.8) is 0 Å². The van der Waals surface area contributed by atoms with Crippen molar-refractivity contribution < 1.29 is 40.6 Å². The smallest absolute Gasteiger partial charge is 0.188 e. The number of ether oxygens (including phenoxy) is 4. The van der Waals surface area contributed by atoms with Gasteiger partial charge < -0.3 is 61.5 Å². The summed E-state index contributed by atoms with van der Waals surface area (Å²) in [6, 6.07) is 0. The molecule has 133 heavy (non-hydrogen) atoms. The first-order valence-corrected chi connectivity index (χ1v) is 57.7. The van der Waals surface area contributed by atoms with Crippen molar-refractivity contribution in [2.75, 3.05) is 196 Å². The van der Waals surface area contributed by atoms with Crippen LogP contribution in [0.5, 0.6) is 0 Å². The molecule has 808 valence electrons. The number of carbonyl (C=O) groups is 1. The Kier molecular flexibility index (Phi) is 161. The lowest BCUT2D eigenvalue weighted by Gasteiger charge is -2.10. The van der Waals surface area contributed by atoms with Crippen LogP contribution in [0.4, 0.5) is 0 Å². The van der Waals surface area contributed by atoms with Gasteiger partial charge in [-0.1, -0.05) is 318 Å². The van der Waals surface area contributed by atoms with Gasteiger partial charge in [0.15, 0.2) is 21.4 Å². The molecule has 0 radical (unpaired) electrons. The second-order valence-corrected chi connectivity index (χ2v) is 42.0. The van der Waals surface area contributed by atoms with Crippen LogP contribution in [0.25, 0.3) is 0 Å². The Balaban J connectivity index is -0.000000115. The molecule has 0 amide bonds. The van der Waals surface area contributed by atoms with E-state index in [-0.39, 0.29) is 89.1 Å². The molecular weight excluding hydrogens is 1770 g/mol. The summed E-state index contributed by atoms with van der Waals surface area (Å²) in [4.78, 5) is 17.9. The number of nitrogens with one attached hydrogen (secondary N) is 8. The standard InChI is InChI=1S/2C7H14.C6H12O.2C5H11N.C5H9N.C5H10.C5H8.C4H9NO2S.C4H9NO.C4H9NS.C4H5NS.C4H9N.C4H7N.C4H8O2S.C4H6OS.C4H8O.C4H8S.2C4H8.C3H5NO.12CH4/c3*1-2-4-6-7-5-3-1;3*1-2-4-6-5-3-1;2*1-2-4-5-3-1;6-8(7)3-1-5-2-4-8;3*1-3-6-4-2-5-1;2*1-2-4-5-3-1;5-7(6)3-1-2-4-7;5-4-2-1-3-6-4;2*1-2-4-5-3-1;2*1-2-4-3-1;1-2-5-3-4-1;;;;;;;;;;;;/h2*1-7H2;1-6H2;2*6H,1-5H2;2,4,6H,1,3,5H2;1-5H2;1-2H,3-5H2;5H,1-4H2;2*5H,1-4H2;1-5H;5H,1-4H2;3H,1-2,4H2;1-4H2;1-3H2;2*1-4H2;2*1-4H2;3H,1-2H2;12*1H4. The summed E-state index contributed by atoms with van der Waals surface area (Å²) < 4.78 is 61.9. The number of carbonyl (C=O) groups excluding carboxylic acids is 1. The Labute approximate surface area is 851 Å². The van der Waals surface area contributed by atoms with Crippen molar-refractivity contribution in [3.05, 3.63) is 47.6 Å². The van der Waals surface area contributed by atoms with Crippen molar-refractivity contribution >= 4 is 84.5 Å². The molecule has 8 N–H and O–H groups in total. The second-order valence-electron chi connectivity index (χ2n) is 33.0. The number of sulfone groups is 2. The molecule has 15 heterocycles. The molecule has 5 saturated carbocycles. The van der Waals surface area contributed by atoms with Crippen LogP contribution in [0.2, 0.25) is 0 Å². The predicted octanol–water partition coefficient (Wildman–Crippen LogP) is 28.9. The maximum atomic E-state index is 10.6. The molecule has 21 aliphatic rings. The molecule has 15 aliphatic heterocycles. The van der Waals surface area contributed by atoms with Crippen molar-refractivity contribution in [1.82, 2.24) is 42.5 Å². The molecule has 21 rings (SSSR count). The Bertz CT molecular complexity index is 2090. The number of aliphatic imine (C=N–C) groups is 2. The van der Waals surface area contributed by atoms with Gasteiger partial charge in [0.05, 0.1) is 42.8 Å². The molecule has 0 unspecified atom stereocenters. The van der Waals surface area contributed by atoms with Gasteiger partial charge in [-0.2, -0.15) is 23.5 Å². The van der Waals surface area contributed by atoms with Gasteiger partial charge in [-0.3, -0.25) is 14.8 Å². The third-order valence-electron chi connectivity index (χ3n) is 21.5. The molecule has 6 aliphatic carbocycles. The third-order valence-corrected chi connectivity index (χ3v) is 28.7. The van der Waals surface area contributed by atoms with Gasteiger partial charge in [0.25, 0.3) is 0 Å². The van der Waals surface area contributed by atoms with Crippen LogP contribution in [0.3, 0.4) is 0 Å². The lowest BCUT2D eigenvalue weighted by Crippen LogP contribution is -2.35. The molecule has 19 nitrogen and oxygen atoms in total. The van der Waals surface area contributed by atoms with Gasteiger partial charge in [0.2, 0.25) is 0 Å². The lowest BCUT2D eigenvalue weighted by atomic mass is 10.0. The maximum absolute atomic E-state index is 10.6. The van der Waals surface area contributed by atoms with Gasteiger partial charge in [0, 0.05) is 115 Å². The van der Waals surface area contributed by atoms with Crippen LogP contribution in [-0.2, 0) is 43.4 Å². The fourth-order valence-corrected chi connectivity index (χ4v) is 18.7. The van der Waals surface area contributed by atoms with E-state index in [1.54, 1.807) is 11.8 Å². The summed E-state index contributed by atoms with van der Waals surface area (Å²) in [5, 5.41) is 29.5. The second kappa shape index (κ2) is 137. The number of allylic oxidation sites excluding steroid dienone is 3. The first kappa shape index (κ1) is 157. The van der Waals surface area contributed by atoms with Crippen LogP contribution < -0.4 is 42.5 Å². The predicted molar refractivity (Wildman–Crippen MR) is 617 cm³/mol. The lowest BCUT2D eigenvalue weighted by molar-refractivity contribution is -0.110. The number of hydrogen-bond acceptors (Lipinski definition) is 23. The van der Waals surface area contributed by atoms with Crippen LogP contribution in [-0.4, -0.2) is 231 Å². The summed E-state index contributed by atoms with van der Waals surface area (Å²) in [6.45, 7) is 22.9. The Morgan fingerprint density at radius 3 is 0.759 bits per heavy atom. The maximum Gasteiger partial charge on any atom is 0.188 e. The number of nitrogens with zero attached hydrogens (tertiary/aromatic N) is 2. The third kappa shape index (κ3) is 139. The van der Waals surface area contributed by atoms with Crippen LogP contribution in [0, 0.1) is 0 Å². The van der Waals surface area contributed by atoms with E-state index in [9.17, 15) is 21.6 Å². The zero-order valence-corrected chi connectivity index (χ0v) is 82.3. The molecule has 0 bridgehead atoms. The highest BCUT2D eigenvalue weighted by atomic mass is 32.2. The molecule has 0 aromatic carbocycles. The first-order valence-electron chi connectivity index (χ1n) is 49.8. The van der Waals surface area contributed by atoms with E-state index in [1.807, 2.05) is 47.4 Å². The molecule has 0 spiro atoms. The van der Waals surface area contributed by atoms with Gasteiger partial charge in [-0.15, -0.1) is 11.8 Å². The summed E-state index contributed by atoms with van der Waals surface area (Å²) >= 11 is 7.24. The monoisotopic (exact) mass is 2010 g/mol. The summed E-state index contributed by atoms with van der Waals surface area (Å²) in [7, 11) is -5.19. The van der Waals surface area contributed by atoms with Gasteiger partial charge >= 0.3 is 0 Å². The normalized spacial score (nSPS) is 21.3. The minimum Gasteiger partial charge on any atom is -0.482 e. The highest BCUT2D eigenvalue weighted by Crippen LogP contribution is 2.20. The van der Waals surface area contributed by atoms with Gasteiger partial charge in [0.1, 0.15) is 16.4 Å². The first-order chi connectivity index (χ1) is 59.8. The summed E-state index contributed by atoms with van der Waals surface area (Å²) in [6.07, 6.45) is 91.1. The molecule has 11 saturated heterocycles. The van der Waals surface area contributed by atoms with E-state index in [2.05, 4.69) is 87.2 Å². The van der Waals surface area contributed by atoms with E-state index in [0.717, 1.165) is 110 Å². The minimum absolute atomic E-state index is 0. The fraction of sp³-hybridized carbons (Fsp3) is 0.898. The largest absolute Gasteiger partial charge is 0.482 e. The van der Waals surface area contributed by atoms with Crippen molar-refractivity contribution in [3.8, 4) is 0 Å². The van der Waals surface area contributed by atoms with Crippen LogP contribution >= 0.6 is 47.0 Å². The number of hydrogen-bond donors (Lipinski definition) is 8. The molecule has 25 heteroatoms. The quantitative estimate of drug-likeness (QED) is 0.0830. The SMILES string of the molecule is C.C.C.C.C.C.C.C.C.C.C.C.C1=CCCC1.C1=CNCCC1.C1=CSC=CN1.C1=NCCC1.C1=NCCO1.C1CCC1.C1CCC1.C1CCCC1.C1CCCCCC1.C1CCCCCC1.C1CCCOCC1.C1CCNC1.C1CCNCC1.C1CCNCC1.C1CCOC1.C1CCSC1.C1COCCN1.C1CSCCN1.O=C1CCCS1.O=S1(=O)CCCC1.O=S1(=O)CCNCC1. The van der Waals surface area contributed by atoms with Gasteiger partial charge in [-0.25, -0.2) is 16.8 Å². The van der Waals surface area contributed by atoms with E-state index in [0.29, 0.717) is 41.2 Å². The van der Waals surface area contributed by atoms with E-state index >= 15 is 0 Å². The zero-order chi connectivity index (χ0) is 86.5. The van der Waals surface area contributed by atoms with Gasteiger partial charge in [-0.05, 0) is 215 Å². The number of morpholine rings is 1. The Morgan fingerprint density at radius 2 is 0.617 bits per heavy atom. The minimum atomic E-state index is -2.65. The molecular formula is C108H236N10O9S6. The molecule has 0 aromatic rings. The molecule has 0 aromatic heterocycles. The van der Waals surface area contributed by atoms with Crippen LogP contribution in [0.1, 0.15) is 436 Å². The molecule has 0 atom stereocenters. The number of thioether (sulfide) groups is 4. The Hall–Kier alpha value is -1.69. The van der Waals surface area contributed by atoms with E-state index in [4.69, 9.17) is 14.2 Å². The fourth-order valence-electron chi connectivity index (χ4n) is 13.0.